The third-order valence-electron chi connectivity index (χ3n) is 7.15. The van der Waals surface area contributed by atoms with E-state index in [1.807, 2.05) is 32.5 Å². The van der Waals surface area contributed by atoms with Gasteiger partial charge < -0.3 is 33.3 Å². The summed E-state index contributed by atoms with van der Waals surface area (Å²) in [6.07, 6.45) is 3.19. The summed E-state index contributed by atoms with van der Waals surface area (Å²) >= 11 is 0. The van der Waals surface area contributed by atoms with Crippen LogP contribution in [-0.2, 0) is 53.6 Å². The predicted octanol–water partition coefficient (Wildman–Crippen LogP) is -0.271. The van der Waals surface area contributed by atoms with Gasteiger partial charge in [0.05, 0.1) is 79.8 Å². The Morgan fingerprint density at radius 2 is 1.63 bits per heavy atom. The highest BCUT2D eigenvalue weighted by Crippen LogP contribution is 2.05. The van der Waals surface area contributed by atoms with Gasteiger partial charge in [-0.3, -0.25) is 18.8 Å². The average Bonchev–Trinajstić information content (AvgIpc) is 3.75. The van der Waals surface area contributed by atoms with Crippen LogP contribution < -0.4 is 5.32 Å². The zero-order chi connectivity index (χ0) is 38.4. The molecule has 3 aliphatic heterocycles. The summed E-state index contributed by atoms with van der Waals surface area (Å²) in [6.45, 7) is 15.3. The molecular weight excluding hydrogens is 735 g/mol. The molecule has 2 amide bonds. The van der Waals surface area contributed by atoms with E-state index in [9.17, 15) is 43.9 Å². The minimum atomic E-state index is -4.25. The second-order valence-corrected chi connectivity index (χ2v) is 16.8. The number of ether oxygens (including phenoxy) is 2. The molecule has 0 atom stereocenters. The molecule has 0 unspecified atom stereocenters. The van der Waals surface area contributed by atoms with Crippen LogP contribution in [0.25, 0.3) is 0 Å². The number of likely N-dealkylation sites (N-methyl/N-ethyl adjacent to an activating group) is 1. The Bertz CT molecular complexity index is 1450. The Morgan fingerprint density at radius 1 is 1.00 bits per heavy atom. The third-order valence-corrected chi connectivity index (χ3v) is 10.0. The molecule has 51 heavy (non-hydrogen) atoms. The molecular formula is C30H59N5O13S3. The molecule has 0 spiro atoms. The van der Waals surface area contributed by atoms with Crippen LogP contribution in [0, 0.1) is 0 Å². The summed E-state index contributed by atoms with van der Waals surface area (Å²) in [5.41, 5.74) is 0. The maximum atomic E-state index is 11.6. The smallest absolute Gasteiger partial charge is 0.333 e. The van der Waals surface area contributed by atoms with E-state index in [0.29, 0.717) is 56.7 Å². The molecule has 1 saturated heterocycles. The highest BCUT2D eigenvalue weighted by Gasteiger charge is 2.20. The molecule has 0 bridgehead atoms. The summed E-state index contributed by atoms with van der Waals surface area (Å²) in [6, 6.07) is 0. The Balaban J connectivity index is 0. The van der Waals surface area contributed by atoms with Crippen LogP contribution in [0.3, 0.4) is 0 Å². The van der Waals surface area contributed by atoms with Crippen molar-refractivity contribution in [2.24, 2.45) is 4.99 Å². The van der Waals surface area contributed by atoms with E-state index in [0.717, 1.165) is 44.5 Å². The number of hydrogen-bond acceptors (Lipinski definition) is 14. The normalized spacial score (nSPS) is 16.3. The summed E-state index contributed by atoms with van der Waals surface area (Å²) in [4.78, 5) is 28.2. The molecule has 18 nitrogen and oxygen atoms in total. The molecule has 0 aromatic carbocycles. The average molecular weight is 794 g/mol. The van der Waals surface area contributed by atoms with E-state index in [1.165, 1.54) is 13.0 Å². The molecule has 0 aliphatic carbocycles. The van der Waals surface area contributed by atoms with Gasteiger partial charge in [-0.25, -0.2) is 16.8 Å². The zero-order valence-electron chi connectivity index (χ0n) is 29.8. The molecule has 0 aromatic heterocycles. The number of nitrogens with one attached hydrogen (secondary N) is 1. The molecule has 21 heteroatoms. The van der Waals surface area contributed by atoms with Gasteiger partial charge in [-0.2, -0.15) is 13.0 Å². The molecule has 3 rings (SSSR count). The van der Waals surface area contributed by atoms with E-state index in [4.69, 9.17) is 9.47 Å². The molecule has 1 N–H and O–H groups in total. The molecule has 300 valence electrons. The van der Waals surface area contributed by atoms with Gasteiger partial charge in [0.1, 0.15) is 13.2 Å². The Kier molecular flexibility index (Phi) is 25.0. The second kappa shape index (κ2) is 25.3. The molecule has 1 fully saturated rings. The number of quaternary nitrogens is 1. The standard InChI is InChI=1S/C15H29N3O5S.C7H13NO4S.C4H7NO.C3H6O3S.CH4/c1-5-15(20)16-8-6-11-18(3,4)12-10-17(14(2)19)9-7-13-24(21,22)23;1-7-8(4-5-12-7)3-2-6-13(9,10)11;1-4-5-2-3-6-4;4-7(5)3-1-2-6-7;/h5H,1,6-13H2,2-4H3,(H-,16,20,21,22,23);2-6H2,1H3;2-3H2,1H3;1-3H2;1H4. The minimum Gasteiger partial charge on any atom is -0.748 e. The lowest BCUT2D eigenvalue weighted by Gasteiger charge is -2.32. The number of carbonyl (C=O) groups excluding carboxylic acids is 2. The minimum absolute atomic E-state index is 0. The fourth-order valence-electron chi connectivity index (χ4n) is 4.33. The van der Waals surface area contributed by atoms with Crippen molar-refractivity contribution in [3.63, 3.8) is 0 Å². The first kappa shape index (κ1) is 50.4. The van der Waals surface area contributed by atoms with Crippen LogP contribution in [0.15, 0.2) is 17.6 Å². The zero-order valence-corrected chi connectivity index (χ0v) is 32.3. The van der Waals surface area contributed by atoms with Crippen molar-refractivity contribution in [1.82, 2.24) is 10.2 Å². The van der Waals surface area contributed by atoms with Crippen LogP contribution in [0.1, 0.15) is 53.9 Å². The second-order valence-electron chi connectivity index (χ2n) is 12.0. The largest absolute Gasteiger partial charge is 0.748 e. The van der Waals surface area contributed by atoms with Gasteiger partial charge >= 0.3 is 5.90 Å². The van der Waals surface area contributed by atoms with Crippen molar-refractivity contribution >= 4 is 54.0 Å². The van der Waals surface area contributed by atoms with Gasteiger partial charge in [-0.1, -0.05) is 14.0 Å². The van der Waals surface area contributed by atoms with Gasteiger partial charge in [0.2, 0.25) is 11.8 Å². The maximum Gasteiger partial charge on any atom is 0.333 e. The van der Waals surface area contributed by atoms with Gasteiger partial charge in [-0.05, 0) is 18.9 Å². The lowest BCUT2D eigenvalue weighted by atomic mass is 10.3. The number of carbonyl (C=O) groups is 2. The van der Waals surface area contributed by atoms with Gasteiger partial charge in [0.25, 0.3) is 10.1 Å². The van der Waals surface area contributed by atoms with Gasteiger partial charge in [0.15, 0.2) is 19.0 Å². The monoisotopic (exact) mass is 793 g/mol. The Hall–Kier alpha value is -2.69. The first-order valence-electron chi connectivity index (χ1n) is 16.1. The van der Waals surface area contributed by atoms with E-state index < -0.39 is 36.1 Å². The predicted molar refractivity (Wildman–Crippen MR) is 192 cm³/mol. The fourth-order valence-corrected chi connectivity index (χ4v) is 6.26. The first-order chi connectivity index (χ1) is 23.1. The van der Waals surface area contributed by atoms with Crippen LogP contribution in [0.4, 0.5) is 0 Å². The number of amides is 2. The lowest BCUT2D eigenvalue weighted by Crippen LogP contribution is -2.47. The van der Waals surface area contributed by atoms with E-state index in [1.54, 1.807) is 4.90 Å². The first-order valence-corrected chi connectivity index (χ1v) is 20.9. The molecule has 3 aliphatic rings. The highest BCUT2D eigenvalue weighted by atomic mass is 32.2. The van der Waals surface area contributed by atoms with E-state index in [2.05, 4.69) is 21.1 Å². The van der Waals surface area contributed by atoms with Gasteiger partial charge in [-0.15, -0.1) is 0 Å². The maximum absolute atomic E-state index is 11.6. The number of rotatable bonds is 16. The number of nitrogens with zero attached hydrogens (tertiary/aromatic N) is 4. The van der Waals surface area contributed by atoms with Crippen molar-refractivity contribution in [1.29, 1.82) is 0 Å². The van der Waals surface area contributed by atoms with Crippen molar-refractivity contribution in [3.05, 3.63) is 12.7 Å². The molecule has 0 saturated carbocycles. The van der Waals surface area contributed by atoms with E-state index in [-0.39, 0.29) is 43.7 Å². The molecule has 0 aromatic rings. The summed E-state index contributed by atoms with van der Waals surface area (Å²) in [5, 5.41) is 2.71. The Labute approximate surface area is 305 Å². The number of hydrogen-bond donors (Lipinski definition) is 1. The van der Waals surface area contributed by atoms with Crippen molar-refractivity contribution < 1.29 is 66.7 Å². The van der Waals surface area contributed by atoms with E-state index >= 15 is 0 Å². The summed E-state index contributed by atoms with van der Waals surface area (Å²) < 4.78 is 100. The molecule has 3 heterocycles. The fraction of sp³-hybridized carbons (Fsp3) is 0.800. The van der Waals surface area contributed by atoms with Gasteiger partial charge in [0, 0.05) is 51.3 Å². The molecule has 0 radical (unpaired) electrons. The number of aliphatic imine (C=N–C) groups is 1. The van der Waals surface area contributed by atoms with Crippen LogP contribution in [0.2, 0.25) is 0 Å². The Morgan fingerprint density at radius 3 is 2.02 bits per heavy atom. The highest BCUT2D eigenvalue weighted by molar-refractivity contribution is 7.87. The van der Waals surface area contributed by atoms with Crippen LogP contribution >= 0.6 is 0 Å². The quantitative estimate of drug-likeness (QED) is 0.0529. The van der Waals surface area contributed by atoms with Crippen LogP contribution in [-0.4, -0.2) is 175 Å². The van der Waals surface area contributed by atoms with Crippen molar-refractivity contribution in [3.8, 4) is 0 Å². The summed E-state index contributed by atoms with van der Waals surface area (Å²) in [7, 11) is -7.31. The van der Waals surface area contributed by atoms with Crippen LogP contribution in [0.5, 0.6) is 0 Å². The lowest BCUT2D eigenvalue weighted by molar-refractivity contribution is -0.889. The topological polar surface area (TPSA) is 241 Å². The SMILES string of the molecule is C.C=CC(=O)NCCC[N+](C)(C)CCN(CCCS(=O)(=O)[O-])C(C)=O.CC1=NCCO1.CC1=[N+](CCCS(=O)(=O)[O-])CCO1.O=S1(=O)CCCO1. The van der Waals surface area contributed by atoms with Crippen molar-refractivity contribution in [2.75, 3.05) is 104 Å². The third kappa shape index (κ3) is 29.6. The van der Waals surface area contributed by atoms with Crippen molar-refractivity contribution in [2.45, 2.75) is 53.9 Å². The summed E-state index contributed by atoms with van der Waals surface area (Å²) in [5.74, 6) is 0.744.